The summed E-state index contributed by atoms with van der Waals surface area (Å²) in [6.07, 6.45) is 1.72. The van der Waals surface area contributed by atoms with Crippen molar-refractivity contribution in [1.82, 2.24) is 24.6 Å². The van der Waals surface area contributed by atoms with Gasteiger partial charge in [-0.1, -0.05) is 19.9 Å². The molecule has 7 heteroatoms. The smallest absolute Gasteiger partial charge is 0.250 e. The fourth-order valence-electron chi connectivity index (χ4n) is 2.49. The Morgan fingerprint density at radius 3 is 2.65 bits per heavy atom. The van der Waals surface area contributed by atoms with Crippen LogP contribution in [-0.4, -0.2) is 25.2 Å². The summed E-state index contributed by atoms with van der Waals surface area (Å²) >= 11 is 0. The summed E-state index contributed by atoms with van der Waals surface area (Å²) in [5.74, 6) is 0.797. The van der Waals surface area contributed by atoms with Crippen molar-refractivity contribution >= 4 is 5.91 Å². The average molecular weight is 317 g/mol. The molecule has 0 aliphatic heterocycles. The van der Waals surface area contributed by atoms with Gasteiger partial charge in [0.25, 0.3) is 5.56 Å². The second-order valence-electron chi connectivity index (χ2n) is 5.94. The molecule has 0 spiro atoms. The molecular formula is C16H23N5O2. The van der Waals surface area contributed by atoms with Gasteiger partial charge < -0.3 is 9.88 Å². The summed E-state index contributed by atoms with van der Waals surface area (Å²) < 4.78 is 3.27. The van der Waals surface area contributed by atoms with Crippen LogP contribution in [0.3, 0.4) is 0 Å². The van der Waals surface area contributed by atoms with E-state index in [1.807, 2.05) is 26.8 Å². The van der Waals surface area contributed by atoms with E-state index in [1.54, 1.807) is 22.4 Å². The molecule has 0 saturated carbocycles. The third-order valence-electron chi connectivity index (χ3n) is 3.84. The van der Waals surface area contributed by atoms with E-state index in [1.165, 1.54) is 12.4 Å². The Morgan fingerprint density at radius 1 is 1.35 bits per heavy atom. The summed E-state index contributed by atoms with van der Waals surface area (Å²) in [6, 6.07) is 4.87. The summed E-state index contributed by atoms with van der Waals surface area (Å²) in [5.41, 5.74) is 0.755. The molecule has 0 aliphatic carbocycles. The Bertz CT molecular complexity index is 732. The average Bonchev–Trinajstić information content (AvgIpc) is 2.90. The van der Waals surface area contributed by atoms with E-state index in [0.29, 0.717) is 6.54 Å². The number of aromatic nitrogens is 4. The Balaban J connectivity index is 2.03. The van der Waals surface area contributed by atoms with Gasteiger partial charge in [-0.25, -0.2) is 4.98 Å². The minimum atomic E-state index is -0.205. The van der Waals surface area contributed by atoms with Crippen molar-refractivity contribution in [2.45, 2.75) is 39.8 Å². The summed E-state index contributed by atoms with van der Waals surface area (Å²) in [6.45, 7) is 6.26. The van der Waals surface area contributed by atoms with Crippen molar-refractivity contribution < 1.29 is 4.79 Å². The van der Waals surface area contributed by atoms with Gasteiger partial charge in [0.1, 0.15) is 12.2 Å². The summed E-state index contributed by atoms with van der Waals surface area (Å²) in [4.78, 5) is 28.3. The van der Waals surface area contributed by atoms with Crippen LogP contribution in [0.15, 0.2) is 29.3 Å². The van der Waals surface area contributed by atoms with Crippen molar-refractivity contribution in [3.05, 3.63) is 46.4 Å². The van der Waals surface area contributed by atoms with Crippen LogP contribution in [0.2, 0.25) is 0 Å². The van der Waals surface area contributed by atoms with Gasteiger partial charge in [-0.3, -0.25) is 14.3 Å². The van der Waals surface area contributed by atoms with E-state index in [9.17, 15) is 9.59 Å². The second-order valence-corrected chi connectivity index (χ2v) is 5.94. The van der Waals surface area contributed by atoms with Gasteiger partial charge in [0.15, 0.2) is 0 Å². The van der Waals surface area contributed by atoms with Gasteiger partial charge in [-0.05, 0) is 18.9 Å². The van der Waals surface area contributed by atoms with Crippen molar-refractivity contribution in [1.29, 1.82) is 0 Å². The lowest BCUT2D eigenvalue weighted by Gasteiger charge is -2.21. The normalized spacial score (nSPS) is 12.4. The molecule has 1 unspecified atom stereocenters. The molecule has 0 saturated heterocycles. The molecule has 0 bridgehead atoms. The van der Waals surface area contributed by atoms with Crippen molar-refractivity contribution in [2.75, 3.05) is 0 Å². The van der Waals surface area contributed by atoms with Crippen LogP contribution in [0, 0.1) is 12.8 Å². The van der Waals surface area contributed by atoms with Crippen LogP contribution < -0.4 is 10.9 Å². The monoisotopic (exact) mass is 317 g/mol. The molecule has 0 aromatic carbocycles. The first-order valence-electron chi connectivity index (χ1n) is 7.70. The lowest BCUT2D eigenvalue weighted by atomic mass is 10.0. The molecule has 23 heavy (non-hydrogen) atoms. The molecular weight excluding hydrogens is 294 g/mol. The summed E-state index contributed by atoms with van der Waals surface area (Å²) in [5, 5.41) is 7.04. The topological polar surface area (TPSA) is 81.8 Å². The number of nitrogens with zero attached hydrogens (tertiary/aromatic N) is 4. The highest BCUT2D eigenvalue weighted by molar-refractivity contribution is 5.76. The van der Waals surface area contributed by atoms with Gasteiger partial charge in [0, 0.05) is 31.8 Å². The number of aryl methyl sites for hydroxylation is 2. The van der Waals surface area contributed by atoms with Crippen molar-refractivity contribution in [2.24, 2.45) is 13.0 Å². The zero-order valence-corrected chi connectivity index (χ0v) is 14.0. The molecule has 124 valence electrons. The Hall–Kier alpha value is -2.44. The second kappa shape index (κ2) is 7.21. The van der Waals surface area contributed by atoms with Gasteiger partial charge in [0.2, 0.25) is 5.91 Å². The third-order valence-corrected chi connectivity index (χ3v) is 3.84. The van der Waals surface area contributed by atoms with Crippen LogP contribution in [0.4, 0.5) is 0 Å². The molecule has 0 radical (unpaired) electrons. The predicted molar refractivity (Wildman–Crippen MR) is 86.8 cm³/mol. The summed E-state index contributed by atoms with van der Waals surface area (Å²) in [7, 11) is 1.80. The van der Waals surface area contributed by atoms with Gasteiger partial charge in [0.05, 0.1) is 6.04 Å². The quantitative estimate of drug-likeness (QED) is 0.867. The maximum Gasteiger partial charge on any atom is 0.250 e. The minimum Gasteiger partial charge on any atom is -0.346 e. The van der Waals surface area contributed by atoms with Crippen LogP contribution in [-0.2, 0) is 18.4 Å². The molecule has 0 aliphatic rings. The van der Waals surface area contributed by atoms with Crippen LogP contribution in [0.1, 0.15) is 37.8 Å². The zero-order chi connectivity index (χ0) is 17.0. The Morgan fingerprint density at radius 2 is 2.09 bits per heavy atom. The SMILES string of the molecule is Cc1cccc(=O)n1CCC(=O)NC(c1ncnn1C)C(C)C. The van der Waals surface area contributed by atoms with Crippen LogP contribution in [0.25, 0.3) is 0 Å². The molecule has 1 N–H and O–H groups in total. The van der Waals surface area contributed by atoms with E-state index in [0.717, 1.165) is 11.5 Å². The molecule has 2 heterocycles. The maximum absolute atomic E-state index is 12.3. The number of nitrogens with one attached hydrogen (secondary N) is 1. The number of amides is 1. The predicted octanol–water partition coefficient (Wildman–Crippen LogP) is 1.19. The first-order chi connectivity index (χ1) is 10.9. The highest BCUT2D eigenvalue weighted by Crippen LogP contribution is 2.18. The van der Waals surface area contributed by atoms with E-state index in [2.05, 4.69) is 15.4 Å². The Labute approximate surface area is 135 Å². The maximum atomic E-state index is 12.3. The number of carbonyl (C=O) groups excluding carboxylic acids is 1. The van der Waals surface area contributed by atoms with E-state index >= 15 is 0 Å². The lowest BCUT2D eigenvalue weighted by molar-refractivity contribution is -0.122. The standard InChI is InChI=1S/C16H23N5O2/c1-11(2)15(16-17-10-18-20(16)4)19-13(22)8-9-21-12(3)6-5-7-14(21)23/h5-7,10-11,15H,8-9H2,1-4H3,(H,19,22). The first-order valence-corrected chi connectivity index (χ1v) is 7.70. The Kier molecular flexibility index (Phi) is 5.31. The van der Waals surface area contributed by atoms with Crippen molar-refractivity contribution in [3.63, 3.8) is 0 Å². The number of carbonyl (C=O) groups is 1. The molecule has 1 atom stereocenters. The number of pyridine rings is 1. The van der Waals surface area contributed by atoms with Gasteiger partial charge in [-0.2, -0.15) is 5.10 Å². The lowest BCUT2D eigenvalue weighted by Crippen LogP contribution is -2.34. The van der Waals surface area contributed by atoms with E-state index in [4.69, 9.17) is 0 Å². The molecule has 0 fully saturated rings. The van der Waals surface area contributed by atoms with E-state index in [-0.39, 0.29) is 29.8 Å². The van der Waals surface area contributed by atoms with E-state index < -0.39 is 0 Å². The fraction of sp³-hybridized carbons (Fsp3) is 0.500. The van der Waals surface area contributed by atoms with Crippen molar-refractivity contribution in [3.8, 4) is 0 Å². The number of hydrogen-bond donors (Lipinski definition) is 1. The minimum absolute atomic E-state index is 0.0912. The van der Waals surface area contributed by atoms with Gasteiger partial charge in [-0.15, -0.1) is 0 Å². The zero-order valence-electron chi connectivity index (χ0n) is 14.0. The highest BCUT2D eigenvalue weighted by atomic mass is 16.2. The van der Waals surface area contributed by atoms with Crippen LogP contribution in [0.5, 0.6) is 0 Å². The first kappa shape index (κ1) is 16.9. The third kappa shape index (κ3) is 4.06. The van der Waals surface area contributed by atoms with Gasteiger partial charge >= 0.3 is 0 Å². The molecule has 1 amide bonds. The molecule has 2 aromatic rings. The molecule has 2 aromatic heterocycles. The molecule has 2 rings (SSSR count). The fourth-order valence-corrected chi connectivity index (χ4v) is 2.49. The molecule has 7 nitrogen and oxygen atoms in total. The number of hydrogen-bond acceptors (Lipinski definition) is 4. The largest absolute Gasteiger partial charge is 0.346 e. The van der Waals surface area contributed by atoms with Crippen LogP contribution >= 0.6 is 0 Å². The number of rotatable bonds is 6. The highest BCUT2D eigenvalue weighted by Gasteiger charge is 2.22.